The molecule has 5 aromatic rings. The van der Waals surface area contributed by atoms with Gasteiger partial charge in [0.25, 0.3) is 5.91 Å². The predicted octanol–water partition coefficient (Wildman–Crippen LogP) is 4.66. The fraction of sp³-hybridized carbons (Fsp3) is 0.207. The van der Waals surface area contributed by atoms with Crippen LogP contribution in [-0.2, 0) is 12.8 Å². The molecule has 0 bridgehead atoms. The van der Waals surface area contributed by atoms with E-state index in [0.717, 1.165) is 70.3 Å². The van der Waals surface area contributed by atoms with Crippen LogP contribution in [0.5, 0.6) is 0 Å². The van der Waals surface area contributed by atoms with Gasteiger partial charge in [0.15, 0.2) is 0 Å². The van der Waals surface area contributed by atoms with Gasteiger partial charge < -0.3 is 20.4 Å². The Morgan fingerprint density at radius 3 is 2.55 bits per heavy atom. The third-order valence-corrected chi connectivity index (χ3v) is 6.23. The molecule has 0 atom stereocenters. The maximum atomic E-state index is 12.2. The summed E-state index contributed by atoms with van der Waals surface area (Å²) in [5, 5.41) is 10.2. The van der Waals surface area contributed by atoms with E-state index in [2.05, 4.69) is 35.9 Å². The molecule has 38 heavy (non-hydrogen) atoms. The van der Waals surface area contributed by atoms with E-state index < -0.39 is 0 Å². The third kappa shape index (κ3) is 5.78. The molecule has 4 aromatic heterocycles. The Kier molecular flexibility index (Phi) is 7.54. The molecule has 1 amide bonds. The molecule has 4 heterocycles. The number of anilines is 2. The first-order valence-corrected chi connectivity index (χ1v) is 12.5. The topological polar surface area (TPSA) is 118 Å². The minimum atomic E-state index is -0.122. The lowest BCUT2D eigenvalue weighted by Crippen LogP contribution is -2.18. The van der Waals surface area contributed by atoms with Crippen molar-refractivity contribution in [3.8, 4) is 11.3 Å². The number of para-hydroxylation sites is 1. The number of carbonyl (C=O) groups is 1. The van der Waals surface area contributed by atoms with Crippen LogP contribution in [0, 0.1) is 6.92 Å². The first-order valence-electron chi connectivity index (χ1n) is 12.5. The summed E-state index contributed by atoms with van der Waals surface area (Å²) >= 11 is 0. The van der Waals surface area contributed by atoms with Gasteiger partial charge in [0, 0.05) is 56.0 Å². The van der Waals surface area contributed by atoms with Crippen molar-refractivity contribution in [2.24, 2.45) is 0 Å². The van der Waals surface area contributed by atoms with Gasteiger partial charge in [0.1, 0.15) is 29.5 Å². The molecule has 0 aliphatic rings. The van der Waals surface area contributed by atoms with Gasteiger partial charge in [-0.15, -0.1) is 0 Å². The standard InChI is InChI=1S/C29H29N7O2/c1-19-6-8-22(38-19)11-14-31-26-9-7-21(17-34-26)25-16-27(36-18-35-25)32-13-10-20-4-3-5-23-24(29(37)30-2)12-15-33-28(20)23/h3-9,12,15-18H,10-11,13-14H2,1-2H3,(H,30,37)(H,31,34)(H,32,35,36). The number of aromatic nitrogens is 4. The monoisotopic (exact) mass is 507 g/mol. The van der Waals surface area contributed by atoms with Crippen molar-refractivity contribution in [1.29, 1.82) is 0 Å². The quantitative estimate of drug-likeness (QED) is 0.250. The van der Waals surface area contributed by atoms with E-state index >= 15 is 0 Å². The van der Waals surface area contributed by atoms with Gasteiger partial charge in [0.05, 0.1) is 16.8 Å². The number of hydrogen-bond acceptors (Lipinski definition) is 8. The van der Waals surface area contributed by atoms with Crippen LogP contribution in [0.3, 0.4) is 0 Å². The fourth-order valence-electron chi connectivity index (χ4n) is 4.29. The number of benzene rings is 1. The van der Waals surface area contributed by atoms with Gasteiger partial charge in [-0.3, -0.25) is 9.78 Å². The SMILES string of the molecule is CNC(=O)c1ccnc2c(CCNc3cc(-c4ccc(NCCc5ccc(C)o5)nc4)ncn3)cccc12. The van der Waals surface area contributed by atoms with Gasteiger partial charge in [0.2, 0.25) is 0 Å². The van der Waals surface area contributed by atoms with E-state index in [1.165, 1.54) is 0 Å². The molecule has 0 fully saturated rings. The summed E-state index contributed by atoms with van der Waals surface area (Å²) in [4.78, 5) is 30.1. The molecular weight excluding hydrogens is 478 g/mol. The van der Waals surface area contributed by atoms with Crippen molar-refractivity contribution in [2.75, 3.05) is 30.8 Å². The molecule has 0 radical (unpaired) electrons. The molecular formula is C29H29N7O2. The van der Waals surface area contributed by atoms with Gasteiger partial charge in [-0.05, 0) is 49.2 Å². The molecule has 0 unspecified atom stereocenters. The molecule has 9 nitrogen and oxygen atoms in total. The summed E-state index contributed by atoms with van der Waals surface area (Å²) in [7, 11) is 1.63. The number of furan rings is 1. The van der Waals surface area contributed by atoms with Gasteiger partial charge >= 0.3 is 0 Å². The molecule has 5 rings (SSSR count). The highest BCUT2D eigenvalue weighted by atomic mass is 16.3. The molecule has 0 saturated carbocycles. The lowest BCUT2D eigenvalue weighted by Gasteiger charge is -2.11. The van der Waals surface area contributed by atoms with Crippen LogP contribution in [0.15, 0.2) is 77.7 Å². The van der Waals surface area contributed by atoms with E-state index in [9.17, 15) is 4.79 Å². The summed E-state index contributed by atoms with van der Waals surface area (Å²) in [5.41, 5.74) is 4.20. The van der Waals surface area contributed by atoms with Crippen LogP contribution in [0.2, 0.25) is 0 Å². The molecule has 0 aliphatic heterocycles. The average molecular weight is 508 g/mol. The first kappa shape index (κ1) is 24.9. The Balaban J connectivity index is 1.19. The van der Waals surface area contributed by atoms with Crippen LogP contribution in [0.25, 0.3) is 22.2 Å². The van der Waals surface area contributed by atoms with E-state index in [4.69, 9.17) is 4.42 Å². The molecule has 192 valence electrons. The predicted molar refractivity (Wildman–Crippen MR) is 148 cm³/mol. The Morgan fingerprint density at radius 1 is 0.895 bits per heavy atom. The van der Waals surface area contributed by atoms with Crippen LogP contribution < -0.4 is 16.0 Å². The summed E-state index contributed by atoms with van der Waals surface area (Å²) in [5.74, 6) is 3.28. The Labute approximate surface area is 220 Å². The van der Waals surface area contributed by atoms with E-state index in [1.54, 1.807) is 31.8 Å². The largest absolute Gasteiger partial charge is 0.466 e. The number of nitrogens with one attached hydrogen (secondary N) is 3. The van der Waals surface area contributed by atoms with Gasteiger partial charge in [-0.25, -0.2) is 15.0 Å². The van der Waals surface area contributed by atoms with E-state index in [1.807, 2.05) is 55.5 Å². The van der Waals surface area contributed by atoms with Crippen molar-refractivity contribution in [1.82, 2.24) is 25.3 Å². The Hall–Kier alpha value is -4.79. The molecule has 0 aliphatic carbocycles. The lowest BCUT2D eigenvalue weighted by molar-refractivity contribution is 0.0964. The second-order valence-corrected chi connectivity index (χ2v) is 8.84. The summed E-state index contributed by atoms with van der Waals surface area (Å²) in [6, 6.07) is 17.5. The van der Waals surface area contributed by atoms with Gasteiger partial charge in [-0.2, -0.15) is 0 Å². The Morgan fingerprint density at radius 2 is 1.76 bits per heavy atom. The van der Waals surface area contributed by atoms with Crippen LogP contribution in [0.1, 0.15) is 27.4 Å². The molecule has 3 N–H and O–H groups in total. The number of carbonyl (C=O) groups excluding carboxylic acids is 1. The second-order valence-electron chi connectivity index (χ2n) is 8.84. The van der Waals surface area contributed by atoms with Crippen molar-refractivity contribution >= 4 is 28.4 Å². The van der Waals surface area contributed by atoms with Crippen molar-refractivity contribution < 1.29 is 9.21 Å². The highest BCUT2D eigenvalue weighted by molar-refractivity contribution is 6.06. The second kappa shape index (κ2) is 11.5. The molecule has 0 saturated heterocycles. The molecule has 9 heteroatoms. The highest BCUT2D eigenvalue weighted by Crippen LogP contribution is 2.22. The zero-order valence-corrected chi connectivity index (χ0v) is 21.4. The molecule has 0 spiro atoms. The lowest BCUT2D eigenvalue weighted by atomic mass is 10.0. The van der Waals surface area contributed by atoms with Crippen molar-refractivity contribution in [3.63, 3.8) is 0 Å². The zero-order valence-electron chi connectivity index (χ0n) is 21.4. The zero-order chi connectivity index (χ0) is 26.3. The first-order chi connectivity index (χ1) is 18.6. The average Bonchev–Trinajstić information content (AvgIpc) is 3.37. The maximum Gasteiger partial charge on any atom is 0.251 e. The van der Waals surface area contributed by atoms with Crippen molar-refractivity contribution in [3.05, 3.63) is 96.0 Å². The smallest absolute Gasteiger partial charge is 0.251 e. The number of rotatable bonds is 10. The number of nitrogens with zero attached hydrogens (tertiary/aromatic N) is 4. The van der Waals surface area contributed by atoms with Crippen molar-refractivity contribution in [2.45, 2.75) is 19.8 Å². The fourth-order valence-corrected chi connectivity index (χ4v) is 4.29. The van der Waals surface area contributed by atoms with Crippen LogP contribution >= 0.6 is 0 Å². The minimum Gasteiger partial charge on any atom is -0.466 e. The number of aryl methyl sites for hydroxylation is 1. The summed E-state index contributed by atoms with van der Waals surface area (Å²) in [6.07, 6.45) is 6.54. The van der Waals surface area contributed by atoms with E-state index in [-0.39, 0.29) is 5.91 Å². The van der Waals surface area contributed by atoms with Gasteiger partial charge in [-0.1, -0.05) is 18.2 Å². The number of fused-ring (bicyclic) bond motifs is 1. The maximum absolute atomic E-state index is 12.2. The molecule has 1 aromatic carbocycles. The van der Waals surface area contributed by atoms with Crippen LogP contribution in [0.4, 0.5) is 11.6 Å². The summed E-state index contributed by atoms with van der Waals surface area (Å²) < 4.78 is 5.60. The number of hydrogen-bond donors (Lipinski definition) is 3. The number of pyridine rings is 2. The van der Waals surface area contributed by atoms with Crippen LogP contribution in [-0.4, -0.2) is 46.0 Å². The third-order valence-electron chi connectivity index (χ3n) is 6.23. The minimum absolute atomic E-state index is 0.122. The summed E-state index contributed by atoms with van der Waals surface area (Å²) in [6.45, 7) is 3.33. The highest BCUT2D eigenvalue weighted by Gasteiger charge is 2.11. The van der Waals surface area contributed by atoms with E-state index in [0.29, 0.717) is 12.1 Å². The normalized spacial score (nSPS) is 10.9. The Bertz CT molecular complexity index is 1550. The number of amides is 1.